The van der Waals surface area contributed by atoms with Gasteiger partial charge in [-0.05, 0) is 30.3 Å². The summed E-state index contributed by atoms with van der Waals surface area (Å²) in [5, 5.41) is 10.4. The summed E-state index contributed by atoms with van der Waals surface area (Å²) in [7, 11) is 0. The van der Waals surface area contributed by atoms with Crippen molar-refractivity contribution in [1.82, 2.24) is 0 Å². The molecule has 0 aromatic heterocycles. The van der Waals surface area contributed by atoms with Gasteiger partial charge in [-0.15, -0.1) is 0 Å². The molecule has 0 heterocycles. The maximum absolute atomic E-state index is 13.1. The normalized spacial score (nSPS) is 12.5. The first-order valence-electron chi connectivity index (χ1n) is 5.07. The van der Waals surface area contributed by atoms with Crippen molar-refractivity contribution in [3.8, 4) is 0 Å². The lowest BCUT2D eigenvalue weighted by Gasteiger charge is -2.14. The molecule has 0 bridgehead atoms. The Labute approximate surface area is 113 Å². The van der Waals surface area contributed by atoms with E-state index in [1.54, 1.807) is 0 Å². The molecule has 18 heavy (non-hydrogen) atoms. The van der Waals surface area contributed by atoms with Gasteiger partial charge in [-0.25, -0.2) is 8.78 Å². The lowest BCUT2D eigenvalue weighted by molar-refractivity contribution is 0.220. The van der Waals surface area contributed by atoms with Crippen LogP contribution in [0.5, 0.6) is 0 Å². The number of aliphatic hydroxyl groups excluding tert-OH is 1. The van der Waals surface area contributed by atoms with Crippen LogP contribution in [0.15, 0.2) is 36.4 Å². The Balaban J connectivity index is 2.47. The Morgan fingerprint density at radius 1 is 0.833 bits per heavy atom. The van der Waals surface area contributed by atoms with Crippen molar-refractivity contribution in [3.63, 3.8) is 0 Å². The van der Waals surface area contributed by atoms with E-state index in [2.05, 4.69) is 0 Å². The molecule has 1 atom stereocenters. The van der Waals surface area contributed by atoms with Gasteiger partial charge in [0.05, 0.1) is 0 Å². The Morgan fingerprint density at radius 2 is 1.44 bits per heavy atom. The number of rotatable bonds is 2. The summed E-state index contributed by atoms with van der Waals surface area (Å²) in [6.45, 7) is 0. The standard InChI is InChI=1S/C13H8Cl2F2O/c14-11-4-2-7(16)5-10(11)13(18)9-3-1-8(17)6-12(9)15/h1-6,13,18H. The van der Waals surface area contributed by atoms with Gasteiger partial charge < -0.3 is 5.11 Å². The van der Waals surface area contributed by atoms with Crippen LogP contribution in [0.2, 0.25) is 10.0 Å². The third-order valence-electron chi connectivity index (χ3n) is 2.51. The zero-order chi connectivity index (χ0) is 13.3. The zero-order valence-corrected chi connectivity index (χ0v) is 10.5. The van der Waals surface area contributed by atoms with Gasteiger partial charge in [0.25, 0.3) is 0 Å². The van der Waals surface area contributed by atoms with Crippen molar-refractivity contribution in [3.05, 3.63) is 69.2 Å². The highest BCUT2D eigenvalue weighted by atomic mass is 35.5. The lowest BCUT2D eigenvalue weighted by atomic mass is 10.0. The van der Waals surface area contributed by atoms with E-state index in [4.69, 9.17) is 23.2 Å². The lowest BCUT2D eigenvalue weighted by Crippen LogP contribution is -2.02. The minimum absolute atomic E-state index is 0.0582. The average Bonchev–Trinajstić information content (AvgIpc) is 2.31. The maximum Gasteiger partial charge on any atom is 0.124 e. The molecule has 0 aliphatic carbocycles. The van der Waals surface area contributed by atoms with Crippen LogP contribution in [0.3, 0.4) is 0 Å². The Bertz CT molecular complexity index is 587. The van der Waals surface area contributed by atoms with Crippen LogP contribution in [0.4, 0.5) is 8.78 Å². The van der Waals surface area contributed by atoms with Crippen molar-refractivity contribution < 1.29 is 13.9 Å². The fourth-order valence-corrected chi connectivity index (χ4v) is 2.11. The smallest absolute Gasteiger partial charge is 0.124 e. The molecular weight excluding hydrogens is 281 g/mol. The number of hydrogen-bond acceptors (Lipinski definition) is 1. The molecule has 2 aromatic rings. The van der Waals surface area contributed by atoms with Gasteiger partial charge in [-0.2, -0.15) is 0 Å². The third-order valence-corrected chi connectivity index (χ3v) is 3.18. The molecular formula is C13H8Cl2F2O. The number of aliphatic hydroxyl groups is 1. The quantitative estimate of drug-likeness (QED) is 0.871. The van der Waals surface area contributed by atoms with Gasteiger partial charge in [0, 0.05) is 21.2 Å². The average molecular weight is 289 g/mol. The monoisotopic (exact) mass is 288 g/mol. The molecule has 2 aromatic carbocycles. The summed E-state index contributed by atoms with van der Waals surface area (Å²) in [6.07, 6.45) is -1.21. The minimum atomic E-state index is -1.21. The van der Waals surface area contributed by atoms with Gasteiger partial charge in [0.15, 0.2) is 0 Å². The summed E-state index contributed by atoms with van der Waals surface area (Å²) in [6, 6.07) is 7.22. The first kappa shape index (κ1) is 13.3. The van der Waals surface area contributed by atoms with Gasteiger partial charge in [0.2, 0.25) is 0 Å². The first-order chi connectivity index (χ1) is 8.49. The maximum atomic E-state index is 13.1. The van der Waals surface area contributed by atoms with Crippen LogP contribution >= 0.6 is 23.2 Å². The number of hydrogen-bond donors (Lipinski definition) is 1. The van der Waals surface area contributed by atoms with E-state index in [0.29, 0.717) is 0 Å². The van der Waals surface area contributed by atoms with E-state index in [-0.39, 0.29) is 21.2 Å². The fraction of sp³-hybridized carbons (Fsp3) is 0.0769. The SMILES string of the molecule is OC(c1ccc(F)cc1Cl)c1cc(F)ccc1Cl. The highest BCUT2D eigenvalue weighted by molar-refractivity contribution is 6.32. The molecule has 1 nitrogen and oxygen atoms in total. The van der Waals surface area contributed by atoms with Crippen LogP contribution in [-0.4, -0.2) is 5.11 Å². The van der Waals surface area contributed by atoms with Crippen molar-refractivity contribution in [2.45, 2.75) is 6.10 Å². The molecule has 0 aliphatic heterocycles. The third kappa shape index (κ3) is 2.64. The van der Waals surface area contributed by atoms with E-state index in [9.17, 15) is 13.9 Å². The van der Waals surface area contributed by atoms with E-state index in [0.717, 1.165) is 18.2 Å². The van der Waals surface area contributed by atoms with E-state index in [1.807, 2.05) is 0 Å². The van der Waals surface area contributed by atoms with Crippen molar-refractivity contribution >= 4 is 23.2 Å². The molecule has 0 amide bonds. The van der Waals surface area contributed by atoms with Crippen LogP contribution in [-0.2, 0) is 0 Å². The summed E-state index contributed by atoms with van der Waals surface area (Å²) >= 11 is 11.7. The summed E-state index contributed by atoms with van der Waals surface area (Å²) < 4.78 is 26.0. The molecule has 0 fully saturated rings. The topological polar surface area (TPSA) is 20.2 Å². The highest BCUT2D eigenvalue weighted by Crippen LogP contribution is 2.32. The van der Waals surface area contributed by atoms with Gasteiger partial charge in [-0.3, -0.25) is 0 Å². The molecule has 0 radical (unpaired) electrons. The molecule has 0 aliphatic rings. The molecule has 0 saturated carbocycles. The Hall–Kier alpha value is -1.16. The van der Waals surface area contributed by atoms with Crippen molar-refractivity contribution in [2.24, 2.45) is 0 Å². The summed E-state index contributed by atoms with van der Waals surface area (Å²) in [4.78, 5) is 0. The largest absolute Gasteiger partial charge is 0.384 e. The van der Waals surface area contributed by atoms with Gasteiger partial charge in [0.1, 0.15) is 17.7 Å². The van der Waals surface area contributed by atoms with Crippen molar-refractivity contribution in [1.29, 1.82) is 0 Å². The van der Waals surface area contributed by atoms with E-state index < -0.39 is 17.7 Å². The van der Waals surface area contributed by atoms with Gasteiger partial charge >= 0.3 is 0 Å². The molecule has 2 rings (SSSR count). The first-order valence-corrected chi connectivity index (χ1v) is 5.82. The van der Waals surface area contributed by atoms with E-state index in [1.165, 1.54) is 18.2 Å². The molecule has 5 heteroatoms. The Kier molecular flexibility index (Phi) is 3.85. The molecule has 0 saturated heterocycles. The second-order valence-corrected chi connectivity index (χ2v) is 4.55. The van der Waals surface area contributed by atoms with Crippen molar-refractivity contribution in [2.75, 3.05) is 0 Å². The molecule has 1 N–H and O–H groups in total. The molecule has 94 valence electrons. The summed E-state index contributed by atoms with van der Waals surface area (Å²) in [5.41, 5.74) is 0.454. The highest BCUT2D eigenvalue weighted by Gasteiger charge is 2.17. The zero-order valence-electron chi connectivity index (χ0n) is 9.00. The van der Waals surface area contributed by atoms with E-state index >= 15 is 0 Å². The second-order valence-electron chi connectivity index (χ2n) is 3.73. The number of benzene rings is 2. The number of halogens is 4. The second kappa shape index (κ2) is 5.22. The summed E-state index contributed by atoms with van der Waals surface area (Å²) in [5.74, 6) is -1.03. The van der Waals surface area contributed by atoms with Crippen LogP contribution in [0.25, 0.3) is 0 Å². The molecule has 0 spiro atoms. The Morgan fingerprint density at radius 3 is 2.11 bits per heavy atom. The predicted molar refractivity (Wildman–Crippen MR) is 66.9 cm³/mol. The fourth-order valence-electron chi connectivity index (χ4n) is 1.61. The van der Waals surface area contributed by atoms with Crippen LogP contribution in [0, 0.1) is 11.6 Å². The van der Waals surface area contributed by atoms with Gasteiger partial charge in [-0.1, -0.05) is 29.3 Å². The van der Waals surface area contributed by atoms with Crippen LogP contribution in [0.1, 0.15) is 17.2 Å². The predicted octanol–water partition coefficient (Wildman–Crippen LogP) is 4.35. The van der Waals surface area contributed by atoms with Crippen LogP contribution < -0.4 is 0 Å². The minimum Gasteiger partial charge on any atom is -0.384 e. The molecule has 1 unspecified atom stereocenters.